The van der Waals surface area contributed by atoms with Gasteiger partial charge in [-0.1, -0.05) is 6.92 Å². The Morgan fingerprint density at radius 1 is 1.67 bits per heavy atom. The molecule has 0 bridgehead atoms. The molecule has 0 aromatic carbocycles. The van der Waals surface area contributed by atoms with Crippen LogP contribution in [-0.4, -0.2) is 21.2 Å². The molecule has 0 aliphatic rings. The third-order valence-corrected chi connectivity index (χ3v) is 2.68. The molecule has 0 atom stereocenters. The Kier molecular flexibility index (Phi) is 3.90. The van der Waals surface area contributed by atoms with Gasteiger partial charge in [0.05, 0.1) is 10.7 Å². The van der Waals surface area contributed by atoms with E-state index in [0.29, 0.717) is 0 Å². The number of carbonyl (C=O) groups excluding carboxylic acids is 1. The zero-order valence-electron chi connectivity index (χ0n) is 9.25. The first-order valence-corrected chi connectivity index (χ1v) is 5.71. The van der Waals surface area contributed by atoms with Crippen molar-refractivity contribution in [3.8, 4) is 0 Å². The van der Waals surface area contributed by atoms with Crippen molar-refractivity contribution in [3.63, 3.8) is 0 Å². The van der Waals surface area contributed by atoms with Gasteiger partial charge in [-0.05, 0) is 36.2 Å². The van der Waals surface area contributed by atoms with Crippen LogP contribution in [0.25, 0.3) is 0 Å². The molecule has 0 fully saturated rings. The monoisotopic (exact) mass is 273 g/mol. The van der Waals surface area contributed by atoms with Gasteiger partial charge < -0.3 is 5.32 Å². The molecule has 1 aromatic heterocycles. The van der Waals surface area contributed by atoms with E-state index in [-0.39, 0.29) is 18.0 Å². The number of rotatable bonds is 4. The molecule has 0 radical (unpaired) electrons. The lowest BCUT2D eigenvalue weighted by Gasteiger charge is -2.24. The normalized spacial score (nSPS) is 11.5. The van der Waals surface area contributed by atoms with Crippen molar-refractivity contribution in [1.29, 1.82) is 0 Å². The molecular formula is C10H16BrN3O. The molecule has 0 saturated carbocycles. The third-order valence-electron chi connectivity index (χ3n) is 2.27. The molecule has 1 heterocycles. The predicted octanol–water partition coefficient (Wildman–Crippen LogP) is 1.95. The lowest BCUT2D eigenvalue weighted by Crippen LogP contribution is -2.44. The van der Waals surface area contributed by atoms with Gasteiger partial charge in [0.25, 0.3) is 0 Å². The highest BCUT2D eigenvalue weighted by atomic mass is 79.9. The lowest BCUT2D eigenvalue weighted by atomic mass is 10.0. The molecular weight excluding hydrogens is 258 g/mol. The van der Waals surface area contributed by atoms with E-state index in [1.54, 1.807) is 17.1 Å². The summed E-state index contributed by atoms with van der Waals surface area (Å²) in [5.74, 6) is -0.0162. The number of nitrogens with one attached hydrogen (secondary N) is 1. The quantitative estimate of drug-likeness (QED) is 0.912. The van der Waals surface area contributed by atoms with Crippen LogP contribution in [0.1, 0.15) is 27.2 Å². The summed E-state index contributed by atoms with van der Waals surface area (Å²) in [6, 6.07) is 0. The lowest BCUT2D eigenvalue weighted by molar-refractivity contribution is -0.123. The molecule has 1 aromatic rings. The predicted molar refractivity (Wildman–Crippen MR) is 62.4 cm³/mol. The van der Waals surface area contributed by atoms with Crippen LogP contribution >= 0.6 is 15.9 Å². The first-order valence-electron chi connectivity index (χ1n) is 4.92. The van der Waals surface area contributed by atoms with E-state index in [2.05, 4.69) is 26.3 Å². The van der Waals surface area contributed by atoms with E-state index in [0.717, 1.165) is 10.9 Å². The largest absolute Gasteiger partial charge is 0.350 e. The Morgan fingerprint density at radius 2 is 2.33 bits per heavy atom. The van der Waals surface area contributed by atoms with Crippen molar-refractivity contribution in [2.75, 3.05) is 0 Å². The van der Waals surface area contributed by atoms with Gasteiger partial charge in [0, 0.05) is 11.7 Å². The molecule has 15 heavy (non-hydrogen) atoms. The number of hydrogen-bond acceptors (Lipinski definition) is 2. The molecule has 0 aliphatic carbocycles. The van der Waals surface area contributed by atoms with Gasteiger partial charge in [0.2, 0.25) is 5.91 Å². The Bertz CT molecular complexity index is 346. The van der Waals surface area contributed by atoms with Crippen LogP contribution in [0.5, 0.6) is 0 Å². The summed E-state index contributed by atoms with van der Waals surface area (Å²) in [5, 5.41) is 6.97. The fourth-order valence-electron chi connectivity index (χ4n) is 1.08. The summed E-state index contributed by atoms with van der Waals surface area (Å²) < 4.78 is 2.48. The molecule has 5 heteroatoms. The molecule has 4 nitrogen and oxygen atoms in total. The highest BCUT2D eigenvalue weighted by Crippen LogP contribution is 2.08. The van der Waals surface area contributed by atoms with E-state index < -0.39 is 0 Å². The summed E-state index contributed by atoms with van der Waals surface area (Å²) in [6.45, 7) is 6.31. The van der Waals surface area contributed by atoms with Crippen molar-refractivity contribution in [3.05, 3.63) is 16.9 Å². The van der Waals surface area contributed by atoms with E-state index >= 15 is 0 Å². The number of carbonyl (C=O) groups is 1. The number of amides is 1. The van der Waals surface area contributed by atoms with Crippen LogP contribution in [-0.2, 0) is 11.3 Å². The second-order valence-corrected chi connectivity index (χ2v) is 5.06. The van der Waals surface area contributed by atoms with E-state index in [4.69, 9.17) is 0 Å². The summed E-state index contributed by atoms with van der Waals surface area (Å²) in [7, 11) is 0. The zero-order valence-corrected chi connectivity index (χ0v) is 10.8. The maximum absolute atomic E-state index is 11.6. The van der Waals surface area contributed by atoms with Gasteiger partial charge in [-0.25, -0.2) is 0 Å². The van der Waals surface area contributed by atoms with Crippen LogP contribution in [0.4, 0.5) is 0 Å². The van der Waals surface area contributed by atoms with Gasteiger partial charge in [0.1, 0.15) is 6.54 Å². The van der Waals surface area contributed by atoms with Crippen LogP contribution in [0.15, 0.2) is 16.9 Å². The summed E-state index contributed by atoms with van der Waals surface area (Å²) in [4.78, 5) is 11.6. The Morgan fingerprint density at radius 3 is 2.80 bits per heavy atom. The minimum absolute atomic E-state index is 0.0162. The molecule has 0 unspecified atom stereocenters. The molecule has 84 valence electrons. The van der Waals surface area contributed by atoms with Gasteiger partial charge in [-0.2, -0.15) is 5.10 Å². The molecule has 0 aliphatic heterocycles. The van der Waals surface area contributed by atoms with E-state index in [9.17, 15) is 4.79 Å². The van der Waals surface area contributed by atoms with Crippen molar-refractivity contribution in [1.82, 2.24) is 15.1 Å². The van der Waals surface area contributed by atoms with Crippen LogP contribution in [0.3, 0.4) is 0 Å². The average Bonchev–Trinajstić information content (AvgIpc) is 2.50. The fourth-order valence-corrected chi connectivity index (χ4v) is 1.41. The molecule has 1 rings (SSSR count). The number of nitrogens with zero attached hydrogens (tertiary/aromatic N) is 2. The van der Waals surface area contributed by atoms with Crippen LogP contribution < -0.4 is 5.32 Å². The Hall–Kier alpha value is -0.840. The molecule has 1 amide bonds. The zero-order chi connectivity index (χ0) is 11.5. The van der Waals surface area contributed by atoms with E-state index in [1.807, 2.05) is 20.8 Å². The maximum atomic E-state index is 11.6. The fraction of sp³-hybridized carbons (Fsp3) is 0.600. The topological polar surface area (TPSA) is 46.9 Å². The average molecular weight is 274 g/mol. The van der Waals surface area contributed by atoms with Gasteiger partial charge in [-0.3, -0.25) is 9.48 Å². The first kappa shape index (κ1) is 12.2. The molecule has 1 N–H and O–H groups in total. The maximum Gasteiger partial charge on any atom is 0.242 e. The Balaban J connectivity index is 2.50. The van der Waals surface area contributed by atoms with Crippen LogP contribution in [0.2, 0.25) is 0 Å². The van der Waals surface area contributed by atoms with E-state index in [1.165, 1.54) is 0 Å². The Labute approximate surface area is 98.2 Å². The van der Waals surface area contributed by atoms with Gasteiger partial charge >= 0.3 is 0 Å². The third kappa shape index (κ3) is 4.03. The molecule has 0 spiro atoms. The van der Waals surface area contributed by atoms with Crippen molar-refractivity contribution in [2.24, 2.45) is 0 Å². The second-order valence-electron chi connectivity index (χ2n) is 4.14. The van der Waals surface area contributed by atoms with Crippen molar-refractivity contribution >= 4 is 21.8 Å². The minimum atomic E-state index is -0.151. The highest BCUT2D eigenvalue weighted by Gasteiger charge is 2.17. The van der Waals surface area contributed by atoms with Crippen LogP contribution in [0, 0.1) is 0 Å². The van der Waals surface area contributed by atoms with Gasteiger partial charge in [-0.15, -0.1) is 0 Å². The minimum Gasteiger partial charge on any atom is -0.350 e. The SMILES string of the molecule is CCC(C)(C)NC(=O)Cn1cc(Br)cn1. The highest BCUT2D eigenvalue weighted by molar-refractivity contribution is 9.10. The molecule has 0 saturated heterocycles. The summed E-state index contributed by atoms with van der Waals surface area (Å²) in [5.41, 5.74) is -0.151. The number of aromatic nitrogens is 2. The number of hydrogen-bond donors (Lipinski definition) is 1. The summed E-state index contributed by atoms with van der Waals surface area (Å²) in [6.07, 6.45) is 4.35. The van der Waals surface area contributed by atoms with Crippen molar-refractivity contribution in [2.45, 2.75) is 39.3 Å². The smallest absolute Gasteiger partial charge is 0.242 e. The van der Waals surface area contributed by atoms with Crippen molar-refractivity contribution < 1.29 is 4.79 Å². The number of halogens is 1. The first-order chi connectivity index (χ1) is 6.93. The second kappa shape index (κ2) is 4.79. The standard InChI is InChI=1S/C10H16BrN3O/c1-4-10(2,3)13-9(15)7-14-6-8(11)5-12-14/h5-6H,4,7H2,1-3H3,(H,13,15). The van der Waals surface area contributed by atoms with Gasteiger partial charge in [0.15, 0.2) is 0 Å². The summed E-state index contributed by atoms with van der Waals surface area (Å²) >= 11 is 3.28.